The van der Waals surface area contributed by atoms with Gasteiger partial charge in [0.1, 0.15) is 5.82 Å². The van der Waals surface area contributed by atoms with E-state index in [0.717, 1.165) is 38.2 Å². The third kappa shape index (κ3) is 4.88. The van der Waals surface area contributed by atoms with Crippen LogP contribution >= 0.6 is 0 Å². The Labute approximate surface area is 138 Å². The molecule has 0 aromatic heterocycles. The summed E-state index contributed by atoms with van der Waals surface area (Å²) in [7, 11) is 0. The van der Waals surface area contributed by atoms with Crippen LogP contribution < -0.4 is 5.32 Å². The average Bonchev–Trinajstić information content (AvgIpc) is 2.59. The van der Waals surface area contributed by atoms with Crippen molar-refractivity contribution in [3.63, 3.8) is 0 Å². The van der Waals surface area contributed by atoms with Gasteiger partial charge in [-0.2, -0.15) is 0 Å². The Morgan fingerprint density at radius 1 is 0.957 bits per heavy atom. The summed E-state index contributed by atoms with van der Waals surface area (Å²) in [6, 6.07) is 18.3. The summed E-state index contributed by atoms with van der Waals surface area (Å²) in [6.07, 6.45) is 3.10. The summed E-state index contributed by atoms with van der Waals surface area (Å²) in [5, 5.41) is 3.59. The van der Waals surface area contributed by atoms with Gasteiger partial charge in [0.25, 0.3) is 0 Å². The zero-order chi connectivity index (χ0) is 15.9. The zero-order valence-corrected chi connectivity index (χ0v) is 13.5. The molecule has 0 unspecified atom stereocenters. The van der Waals surface area contributed by atoms with Gasteiger partial charge < -0.3 is 5.32 Å². The first-order valence-electron chi connectivity index (χ1n) is 8.54. The maximum atomic E-state index is 13.6. The lowest BCUT2D eigenvalue weighted by molar-refractivity contribution is 0.191. The molecule has 23 heavy (non-hydrogen) atoms. The van der Waals surface area contributed by atoms with Crippen molar-refractivity contribution in [1.29, 1.82) is 0 Å². The Kier molecular flexibility index (Phi) is 5.78. The molecular weight excluding hydrogens is 287 g/mol. The second kappa shape index (κ2) is 8.23. The Morgan fingerprint density at radius 3 is 2.39 bits per heavy atom. The van der Waals surface area contributed by atoms with Crippen molar-refractivity contribution in [2.24, 2.45) is 0 Å². The van der Waals surface area contributed by atoms with Gasteiger partial charge in [0.05, 0.1) is 0 Å². The highest BCUT2D eigenvalue weighted by Crippen LogP contribution is 2.14. The largest absolute Gasteiger partial charge is 0.314 e. The zero-order valence-electron chi connectivity index (χ0n) is 13.5. The summed E-state index contributed by atoms with van der Waals surface area (Å²) in [5.74, 6) is -0.0908. The molecular formula is C20H25FN2. The molecule has 2 aromatic carbocycles. The first-order chi connectivity index (χ1) is 11.3. The van der Waals surface area contributed by atoms with Gasteiger partial charge in [0.2, 0.25) is 0 Å². The topological polar surface area (TPSA) is 15.3 Å². The van der Waals surface area contributed by atoms with E-state index >= 15 is 0 Å². The molecule has 1 aliphatic rings. The molecule has 1 fully saturated rings. The van der Waals surface area contributed by atoms with Crippen molar-refractivity contribution >= 4 is 0 Å². The summed E-state index contributed by atoms with van der Waals surface area (Å²) in [5.41, 5.74) is 2.19. The summed E-state index contributed by atoms with van der Waals surface area (Å²) in [6.45, 7) is 4.16. The first kappa shape index (κ1) is 16.2. The van der Waals surface area contributed by atoms with Gasteiger partial charge in [-0.05, 0) is 56.1 Å². The van der Waals surface area contributed by atoms with Gasteiger partial charge in [-0.25, -0.2) is 4.39 Å². The van der Waals surface area contributed by atoms with Crippen molar-refractivity contribution in [3.05, 3.63) is 71.5 Å². The predicted octanol–water partition coefficient (Wildman–Crippen LogP) is 3.62. The van der Waals surface area contributed by atoms with Crippen molar-refractivity contribution < 1.29 is 4.39 Å². The average molecular weight is 312 g/mol. The van der Waals surface area contributed by atoms with Crippen LogP contribution in [0.5, 0.6) is 0 Å². The van der Waals surface area contributed by atoms with Crippen LogP contribution in [0.4, 0.5) is 4.39 Å². The maximum Gasteiger partial charge on any atom is 0.126 e. The molecule has 1 aliphatic heterocycles. The van der Waals surface area contributed by atoms with Crippen LogP contribution in [0.1, 0.15) is 24.0 Å². The van der Waals surface area contributed by atoms with E-state index in [1.54, 1.807) is 6.07 Å². The molecule has 1 saturated heterocycles. The number of likely N-dealkylation sites (tertiary alicyclic amines) is 1. The van der Waals surface area contributed by atoms with E-state index < -0.39 is 0 Å². The summed E-state index contributed by atoms with van der Waals surface area (Å²) < 4.78 is 13.6. The highest BCUT2D eigenvalue weighted by molar-refractivity contribution is 5.17. The molecule has 2 nitrogen and oxygen atoms in total. The third-order valence-electron chi connectivity index (χ3n) is 4.62. The number of hydrogen-bond acceptors (Lipinski definition) is 2. The fraction of sp³-hybridized carbons (Fsp3) is 0.400. The molecule has 0 radical (unpaired) electrons. The lowest BCUT2D eigenvalue weighted by Crippen LogP contribution is -2.42. The number of halogens is 1. The summed E-state index contributed by atoms with van der Waals surface area (Å²) >= 11 is 0. The highest BCUT2D eigenvalue weighted by Gasteiger charge is 2.18. The molecule has 3 heteroatoms. The second-order valence-electron chi connectivity index (χ2n) is 6.33. The molecule has 2 aromatic rings. The van der Waals surface area contributed by atoms with E-state index in [9.17, 15) is 4.39 Å². The minimum atomic E-state index is -0.0908. The Balaban J connectivity index is 1.37. The van der Waals surface area contributed by atoms with Gasteiger partial charge in [0.15, 0.2) is 0 Å². The number of hydrogen-bond donors (Lipinski definition) is 1. The van der Waals surface area contributed by atoms with E-state index in [1.165, 1.54) is 24.5 Å². The molecule has 0 bridgehead atoms. The number of benzene rings is 2. The molecule has 1 N–H and O–H groups in total. The van der Waals surface area contributed by atoms with Crippen molar-refractivity contribution in [2.45, 2.75) is 31.8 Å². The van der Waals surface area contributed by atoms with Gasteiger partial charge in [-0.1, -0.05) is 48.5 Å². The van der Waals surface area contributed by atoms with Crippen LogP contribution in [0.2, 0.25) is 0 Å². The molecule has 122 valence electrons. The predicted molar refractivity (Wildman–Crippen MR) is 92.8 cm³/mol. The first-order valence-corrected chi connectivity index (χ1v) is 8.54. The van der Waals surface area contributed by atoms with Crippen molar-refractivity contribution in [3.8, 4) is 0 Å². The minimum absolute atomic E-state index is 0.0908. The van der Waals surface area contributed by atoms with Gasteiger partial charge in [-0.15, -0.1) is 0 Å². The van der Waals surface area contributed by atoms with E-state index in [2.05, 4.69) is 40.5 Å². The third-order valence-corrected chi connectivity index (χ3v) is 4.62. The van der Waals surface area contributed by atoms with Crippen LogP contribution in [-0.2, 0) is 13.0 Å². The molecule has 0 saturated carbocycles. The van der Waals surface area contributed by atoms with Crippen LogP contribution in [-0.4, -0.2) is 30.6 Å². The minimum Gasteiger partial charge on any atom is -0.314 e. The van der Waals surface area contributed by atoms with Crippen LogP contribution in [0.25, 0.3) is 0 Å². The molecule has 1 heterocycles. The van der Waals surface area contributed by atoms with Crippen molar-refractivity contribution in [2.75, 3.05) is 19.6 Å². The number of rotatable bonds is 6. The Morgan fingerprint density at radius 2 is 1.65 bits per heavy atom. The fourth-order valence-electron chi connectivity index (χ4n) is 3.25. The monoisotopic (exact) mass is 312 g/mol. The lowest BCUT2D eigenvalue weighted by atomic mass is 10.0. The molecule has 0 aliphatic carbocycles. The molecule has 0 amide bonds. The normalized spacial score (nSPS) is 16.6. The van der Waals surface area contributed by atoms with E-state index in [4.69, 9.17) is 0 Å². The van der Waals surface area contributed by atoms with Gasteiger partial charge in [-0.3, -0.25) is 4.90 Å². The van der Waals surface area contributed by atoms with Crippen LogP contribution in [0.3, 0.4) is 0 Å². The fourth-order valence-corrected chi connectivity index (χ4v) is 3.25. The second-order valence-corrected chi connectivity index (χ2v) is 6.33. The quantitative estimate of drug-likeness (QED) is 0.876. The van der Waals surface area contributed by atoms with E-state index in [1.807, 2.05) is 12.1 Å². The molecule has 0 spiro atoms. The number of nitrogens with one attached hydrogen (secondary N) is 1. The smallest absolute Gasteiger partial charge is 0.126 e. The SMILES string of the molecule is Fc1ccccc1CCNC1CCN(Cc2ccccc2)CC1. The summed E-state index contributed by atoms with van der Waals surface area (Å²) in [4.78, 5) is 2.52. The Bertz CT molecular complexity index is 592. The lowest BCUT2D eigenvalue weighted by Gasteiger charge is -2.32. The standard InChI is InChI=1S/C20H25FN2/c21-20-9-5-4-8-18(20)10-13-22-19-11-14-23(15-12-19)16-17-6-2-1-3-7-17/h1-9,19,22H,10-16H2. The van der Waals surface area contributed by atoms with Gasteiger partial charge >= 0.3 is 0 Å². The van der Waals surface area contributed by atoms with E-state index in [-0.39, 0.29) is 5.82 Å². The molecule has 3 rings (SSSR count). The van der Waals surface area contributed by atoms with Gasteiger partial charge in [0, 0.05) is 12.6 Å². The maximum absolute atomic E-state index is 13.6. The van der Waals surface area contributed by atoms with E-state index in [0.29, 0.717) is 6.04 Å². The highest BCUT2D eigenvalue weighted by atomic mass is 19.1. The van der Waals surface area contributed by atoms with Crippen LogP contribution in [0, 0.1) is 5.82 Å². The van der Waals surface area contributed by atoms with Crippen LogP contribution in [0.15, 0.2) is 54.6 Å². The number of nitrogens with zero attached hydrogens (tertiary/aromatic N) is 1. The Hall–Kier alpha value is -1.71. The van der Waals surface area contributed by atoms with Crippen molar-refractivity contribution in [1.82, 2.24) is 10.2 Å². The number of piperidine rings is 1. The molecule has 0 atom stereocenters.